The number of nitrogens with one attached hydrogen (secondary N) is 1. The van der Waals surface area contributed by atoms with E-state index in [9.17, 15) is 4.79 Å². The smallest absolute Gasteiger partial charge is 0.222 e. The van der Waals surface area contributed by atoms with Gasteiger partial charge in [0, 0.05) is 25.4 Å². The van der Waals surface area contributed by atoms with Crippen LogP contribution in [0.25, 0.3) is 0 Å². The van der Waals surface area contributed by atoms with Crippen LogP contribution in [-0.2, 0) is 4.79 Å². The zero-order valence-corrected chi connectivity index (χ0v) is 8.26. The van der Waals surface area contributed by atoms with Crippen LogP contribution in [0, 0.1) is 0 Å². The predicted molar refractivity (Wildman–Crippen MR) is 54.3 cm³/mol. The summed E-state index contributed by atoms with van der Waals surface area (Å²) < 4.78 is 0. The molecular formula is C10H12N4O. The van der Waals surface area contributed by atoms with Crippen LogP contribution in [0.3, 0.4) is 0 Å². The molecular weight excluding hydrogens is 192 g/mol. The molecule has 0 bridgehead atoms. The normalized spacial score (nSPS) is 29.1. The van der Waals surface area contributed by atoms with E-state index < -0.39 is 0 Å². The van der Waals surface area contributed by atoms with Gasteiger partial charge in [0.25, 0.3) is 0 Å². The van der Waals surface area contributed by atoms with Crippen LogP contribution in [-0.4, -0.2) is 34.5 Å². The van der Waals surface area contributed by atoms with Gasteiger partial charge in [-0.1, -0.05) is 0 Å². The van der Waals surface area contributed by atoms with E-state index in [0.29, 0.717) is 12.5 Å². The Kier molecular flexibility index (Phi) is 1.83. The molecule has 3 heterocycles. The monoisotopic (exact) mass is 204 g/mol. The summed E-state index contributed by atoms with van der Waals surface area (Å²) in [5.74, 6) is 1.03. The van der Waals surface area contributed by atoms with Gasteiger partial charge in [-0.05, 0) is 6.42 Å². The Balaban J connectivity index is 1.87. The molecule has 2 aliphatic rings. The van der Waals surface area contributed by atoms with Crippen molar-refractivity contribution in [3.05, 3.63) is 18.6 Å². The largest absolute Gasteiger partial charge is 0.351 e. The summed E-state index contributed by atoms with van der Waals surface area (Å²) in [6.07, 6.45) is 6.70. The second-order valence-electron chi connectivity index (χ2n) is 3.99. The van der Waals surface area contributed by atoms with Crippen LogP contribution >= 0.6 is 0 Å². The number of anilines is 1. The van der Waals surface area contributed by atoms with E-state index in [2.05, 4.69) is 20.2 Å². The Morgan fingerprint density at radius 3 is 3.20 bits per heavy atom. The molecule has 0 aliphatic carbocycles. The lowest BCUT2D eigenvalue weighted by molar-refractivity contribution is -0.119. The fourth-order valence-electron chi connectivity index (χ4n) is 2.45. The lowest BCUT2D eigenvalue weighted by Crippen LogP contribution is -2.34. The molecule has 0 spiro atoms. The third-order valence-corrected chi connectivity index (χ3v) is 3.13. The number of rotatable bonds is 1. The molecule has 2 aliphatic heterocycles. The molecule has 3 rings (SSSR count). The maximum Gasteiger partial charge on any atom is 0.222 e. The van der Waals surface area contributed by atoms with E-state index in [4.69, 9.17) is 0 Å². The zero-order valence-electron chi connectivity index (χ0n) is 8.26. The fraction of sp³-hybridized carbons (Fsp3) is 0.500. The Bertz CT molecular complexity index is 380. The molecule has 0 saturated carbocycles. The quantitative estimate of drug-likeness (QED) is 0.696. The van der Waals surface area contributed by atoms with Crippen molar-refractivity contribution in [2.75, 3.05) is 11.4 Å². The Labute approximate surface area is 87.5 Å². The van der Waals surface area contributed by atoms with Gasteiger partial charge in [-0.3, -0.25) is 9.78 Å². The minimum atomic E-state index is 0.151. The van der Waals surface area contributed by atoms with Crippen LogP contribution in [0.4, 0.5) is 5.82 Å². The number of hydrogen-bond donors (Lipinski definition) is 1. The number of nitrogens with zero attached hydrogens (tertiary/aromatic N) is 3. The second kappa shape index (κ2) is 3.18. The number of carbonyl (C=O) groups excluding carboxylic acids is 1. The molecule has 1 amide bonds. The standard InChI is InChI=1S/C10H12N4O/c15-10-5-8-7(13-10)1-4-14(8)9-6-11-2-3-12-9/h2-3,6-8H,1,4-5H2,(H,13,15)/t7-,8+/m1/s1. The van der Waals surface area contributed by atoms with Crippen LogP contribution in [0.15, 0.2) is 18.6 Å². The zero-order chi connectivity index (χ0) is 10.3. The van der Waals surface area contributed by atoms with Gasteiger partial charge in [0.05, 0.1) is 18.3 Å². The number of amides is 1. The number of fused-ring (bicyclic) bond motifs is 1. The average molecular weight is 204 g/mol. The van der Waals surface area contributed by atoms with Crippen LogP contribution in [0.2, 0.25) is 0 Å². The fourth-order valence-corrected chi connectivity index (χ4v) is 2.45. The van der Waals surface area contributed by atoms with Gasteiger partial charge >= 0.3 is 0 Å². The minimum absolute atomic E-state index is 0.151. The molecule has 5 nitrogen and oxygen atoms in total. The molecule has 78 valence electrons. The van der Waals surface area contributed by atoms with Crippen molar-refractivity contribution in [2.45, 2.75) is 24.9 Å². The predicted octanol–water partition coefficient (Wildman–Crippen LogP) is -0.0562. The summed E-state index contributed by atoms with van der Waals surface area (Å²) in [4.78, 5) is 21.8. The first-order valence-corrected chi connectivity index (χ1v) is 5.16. The number of hydrogen-bond acceptors (Lipinski definition) is 4. The van der Waals surface area contributed by atoms with Crippen molar-refractivity contribution in [2.24, 2.45) is 0 Å². The van der Waals surface area contributed by atoms with Gasteiger partial charge in [-0.25, -0.2) is 4.98 Å². The molecule has 0 aromatic carbocycles. The van der Waals surface area contributed by atoms with Gasteiger partial charge in [0.1, 0.15) is 5.82 Å². The summed E-state index contributed by atoms with van der Waals surface area (Å²) in [7, 11) is 0. The highest BCUT2D eigenvalue weighted by Gasteiger charge is 2.41. The summed E-state index contributed by atoms with van der Waals surface area (Å²) in [5.41, 5.74) is 0. The third kappa shape index (κ3) is 1.35. The summed E-state index contributed by atoms with van der Waals surface area (Å²) in [6, 6.07) is 0.578. The van der Waals surface area contributed by atoms with Gasteiger partial charge in [0.2, 0.25) is 5.91 Å². The van der Waals surface area contributed by atoms with Crippen molar-refractivity contribution in [3.8, 4) is 0 Å². The molecule has 2 saturated heterocycles. The first-order chi connectivity index (χ1) is 7.34. The first kappa shape index (κ1) is 8.64. The van der Waals surface area contributed by atoms with Crippen molar-refractivity contribution in [1.82, 2.24) is 15.3 Å². The van der Waals surface area contributed by atoms with Gasteiger partial charge in [0.15, 0.2) is 0 Å². The van der Waals surface area contributed by atoms with Crippen LogP contribution in [0.1, 0.15) is 12.8 Å². The molecule has 1 N–H and O–H groups in total. The van der Waals surface area contributed by atoms with Crippen molar-refractivity contribution in [3.63, 3.8) is 0 Å². The topological polar surface area (TPSA) is 58.1 Å². The molecule has 2 fully saturated rings. The molecule has 0 radical (unpaired) electrons. The summed E-state index contributed by atoms with van der Waals surface area (Å²) in [6.45, 7) is 0.953. The van der Waals surface area contributed by atoms with Crippen LogP contribution in [0.5, 0.6) is 0 Å². The molecule has 1 aromatic rings. The molecule has 15 heavy (non-hydrogen) atoms. The van der Waals surface area contributed by atoms with E-state index in [1.807, 2.05) is 0 Å². The van der Waals surface area contributed by atoms with Gasteiger partial charge in [-0.15, -0.1) is 0 Å². The van der Waals surface area contributed by atoms with Gasteiger partial charge < -0.3 is 10.2 Å². The number of aromatic nitrogens is 2. The first-order valence-electron chi connectivity index (χ1n) is 5.16. The van der Waals surface area contributed by atoms with E-state index in [0.717, 1.165) is 18.8 Å². The van der Waals surface area contributed by atoms with Crippen LogP contribution < -0.4 is 10.2 Å². The highest BCUT2D eigenvalue weighted by Crippen LogP contribution is 2.28. The molecule has 5 heteroatoms. The molecule has 1 aromatic heterocycles. The second-order valence-corrected chi connectivity index (χ2v) is 3.99. The Hall–Kier alpha value is -1.65. The highest BCUT2D eigenvalue weighted by molar-refractivity contribution is 5.81. The molecule has 0 unspecified atom stereocenters. The summed E-state index contributed by atoms with van der Waals surface area (Å²) in [5, 5.41) is 2.99. The lowest BCUT2D eigenvalue weighted by Gasteiger charge is -2.22. The third-order valence-electron chi connectivity index (χ3n) is 3.13. The van der Waals surface area contributed by atoms with E-state index in [-0.39, 0.29) is 11.9 Å². The SMILES string of the molecule is O=C1C[C@H]2[C@@H](CCN2c2cnccn2)N1. The number of carbonyl (C=O) groups is 1. The molecule has 2 atom stereocenters. The van der Waals surface area contributed by atoms with E-state index >= 15 is 0 Å². The lowest BCUT2D eigenvalue weighted by atomic mass is 10.1. The van der Waals surface area contributed by atoms with E-state index in [1.54, 1.807) is 18.6 Å². The maximum absolute atomic E-state index is 11.3. The summed E-state index contributed by atoms with van der Waals surface area (Å²) >= 11 is 0. The van der Waals surface area contributed by atoms with E-state index in [1.165, 1.54) is 0 Å². The van der Waals surface area contributed by atoms with Crippen molar-refractivity contribution >= 4 is 11.7 Å². The minimum Gasteiger partial charge on any atom is -0.351 e. The Morgan fingerprint density at radius 2 is 2.40 bits per heavy atom. The Morgan fingerprint density at radius 1 is 1.47 bits per heavy atom. The average Bonchev–Trinajstić information content (AvgIpc) is 2.77. The van der Waals surface area contributed by atoms with Gasteiger partial charge in [-0.2, -0.15) is 0 Å². The van der Waals surface area contributed by atoms with Crippen molar-refractivity contribution in [1.29, 1.82) is 0 Å². The maximum atomic E-state index is 11.3. The highest BCUT2D eigenvalue weighted by atomic mass is 16.2. The van der Waals surface area contributed by atoms with Crippen molar-refractivity contribution < 1.29 is 4.79 Å².